The summed E-state index contributed by atoms with van der Waals surface area (Å²) in [6.45, 7) is 0.806. The first kappa shape index (κ1) is 20.0. The second kappa shape index (κ2) is 7.74. The van der Waals surface area contributed by atoms with Crippen molar-refractivity contribution in [3.05, 3.63) is 88.1 Å². The van der Waals surface area contributed by atoms with Crippen LogP contribution < -0.4 is 10.2 Å². The predicted molar refractivity (Wildman–Crippen MR) is 130 cm³/mol. The van der Waals surface area contributed by atoms with Gasteiger partial charge in [-0.05, 0) is 66.4 Å². The minimum atomic E-state index is -0.977. The molecule has 4 aromatic rings. The van der Waals surface area contributed by atoms with Crippen molar-refractivity contribution in [2.24, 2.45) is 0 Å². The smallest absolute Gasteiger partial charge is 0.335 e. The molecule has 0 bridgehead atoms. The molecule has 0 amide bonds. The molecule has 0 fully saturated rings. The molecule has 3 heterocycles. The highest BCUT2D eigenvalue weighted by Gasteiger charge is 2.30. The molecule has 3 aromatic carbocycles. The number of rotatable bonds is 3. The topological polar surface area (TPSA) is 78.3 Å². The van der Waals surface area contributed by atoms with Gasteiger partial charge in [-0.25, -0.2) is 14.8 Å². The Balaban J connectivity index is 1.53. The Kier molecular flexibility index (Phi) is 4.69. The molecule has 1 aromatic heterocycles. The highest BCUT2D eigenvalue weighted by Crippen LogP contribution is 2.41. The summed E-state index contributed by atoms with van der Waals surface area (Å²) in [6.07, 6.45) is 2.75. The van der Waals surface area contributed by atoms with Crippen molar-refractivity contribution in [2.45, 2.75) is 25.3 Å². The maximum atomic E-state index is 11.5. The fourth-order valence-electron chi connectivity index (χ4n) is 4.87. The lowest BCUT2D eigenvalue weighted by atomic mass is 10.0. The molecular weight excluding hydrogens is 436 g/mol. The van der Waals surface area contributed by atoms with Crippen molar-refractivity contribution >= 4 is 45.8 Å². The van der Waals surface area contributed by atoms with Crippen molar-refractivity contribution in [2.75, 3.05) is 16.8 Å². The molecule has 0 spiro atoms. The van der Waals surface area contributed by atoms with Crippen LogP contribution in [0.4, 0.5) is 17.2 Å². The summed E-state index contributed by atoms with van der Waals surface area (Å²) in [5.74, 6) is -0.214. The monoisotopic (exact) mass is 456 g/mol. The number of nitrogens with one attached hydrogen (secondary N) is 1. The first-order valence-corrected chi connectivity index (χ1v) is 11.4. The van der Waals surface area contributed by atoms with E-state index < -0.39 is 5.97 Å². The van der Waals surface area contributed by atoms with Crippen molar-refractivity contribution in [1.29, 1.82) is 0 Å². The van der Waals surface area contributed by atoms with Gasteiger partial charge in [0.25, 0.3) is 0 Å². The zero-order valence-corrected chi connectivity index (χ0v) is 18.5. The van der Waals surface area contributed by atoms with Crippen LogP contribution in [0.5, 0.6) is 0 Å². The van der Waals surface area contributed by atoms with Crippen LogP contribution in [0.2, 0.25) is 5.02 Å². The van der Waals surface area contributed by atoms with Gasteiger partial charge in [0.2, 0.25) is 0 Å². The molecule has 33 heavy (non-hydrogen) atoms. The van der Waals surface area contributed by atoms with Gasteiger partial charge in [-0.3, -0.25) is 0 Å². The molecule has 0 saturated carbocycles. The normalized spacial score (nSPS) is 16.9. The third-order valence-corrected chi connectivity index (χ3v) is 6.67. The lowest BCUT2D eigenvalue weighted by Crippen LogP contribution is -2.28. The van der Waals surface area contributed by atoms with E-state index in [1.165, 1.54) is 11.1 Å². The molecule has 6 nitrogen and oxygen atoms in total. The minimum absolute atomic E-state index is 0.0221. The second-order valence-electron chi connectivity index (χ2n) is 8.53. The summed E-state index contributed by atoms with van der Waals surface area (Å²) in [4.78, 5) is 23.8. The molecule has 0 radical (unpaired) electrons. The Morgan fingerprint density at radius 2 is 1.91 bits per heavy atom. The number of aromatic nitrogens is 2. The number of carboxylic acids is 1. The van der Waals surface area contributed by atoms with Gasteiger partial charge < -0.3 is 15.3 Å². The van der Waals surface area contributed by atoms with Gasteiger partial charge in [0.05, 0.1) is 22.6 Å². The zero-order chi connectivity index (χ0) is 22.5. The Labute approximate surface area is 195 Å². The number of hydrogen-bond donors (Lipinski definition) is 2. The first-order chi connectivity index (χ1) is 16.1. The van der Waals surface area contributed by atoms with E-state index in [2.05, 4.69) is 22.3 Å². The van der Waals surface area contributed by atoms with Crippen molar-refractivity contribution in [3.8, 4) is 0 Å². The number of carbonyl (C=O) groups is 1. The number of aryl methyl sites for hydroxylation is 1. The Bertz CT molecular complexity index is 1400. The quantitative estimate of drug-likeness (QED) is 0.407. The molecule has 2 N–H and O–H groups in total. The molecule has 2 aliphatic rings. The van der Waals surface area contributed by atoms with Crippen molar-refractivity contribution in [3.63, 3.8) is 0 Å². The molecule has 0 aliphatic carbocycles. The summed E-state index contributed by atoms with van der Waals surface area (Å²) >= 11 is 6.27. The number of para-hydroxylation sites is 1. The zero-order valence-electron chi connectivity index (χ0n) is 17.8. The van der Waals surface area contributed by atoms with Gasteiger partial charge in [0, 0.05) is 29.4 Å². The number of carboxylic acid groups (broad SMARTS) is 1. The van der Waals surface area contributed by atoms with Crippen molar-refractivity contribution < 1.29 is 9.90 Å². The second-order valence-corrected chi connectivity index (χ2v) is 8.96. The molecular formula is C26H21ClN4O2. The fourth-order valence-corrected chi connectivity index (χ4v) is 5.07. The molecule has 0 saturated heterocycles. The average molecular weight is 457 g/mol. The van der Waals surface area contributed by atoms with Crippen LogP contribution in [0.1, 0.15) is 39.6 Å². The first-order valence-electron chi connectivity index (χ1n) is 11.0. The highest BCUT2D eigenvalue weighted by molar-refractivity contribution is 6.30. The number of hydrogen-bond acceptors (Lipinski definition) is 5. The SMILES string of the molecule is O=C(O)c1ccc2nc(C3Cc4ccccc4N3)c(N3CCCc4cc(Cl)ccc43)nc2c1. The maximum Gasteiger partial charge on any atom is 0.335 e. The third-order valence-electron chi connectivity index (χ3n) is 6.44. The standard InChI is InChI=1S/C26H21ClN4O2/c27-18-8-10-23-16(12-18)5-3-11-31(23)25-24(22-13-15-4-1-2-6-19(15)28-22)29-20-9-7-17(26(32)33)14-21(20)30-25/h1-2,4,6-10,12,14,22,28H,3,5,11,13H2,(H,32,33). The molecule has 2 aliphatic heterocycles. The largest absolute Gasteiger partial charge is 0.478 e. The lowest BCUT2D eigenvalue weighted by molar-refractivity contribution is 0.0697. The molecule has 164 valence electrons. The minimum Gasteiger partial charge on any atom is -0.478 e. The van der Waals surface area contributed by atoms with Gasteiger partial charge in [0.15, 0.2) is 5.82 Å². The number of fused-ring (bicyclic) bond motifs is 3. The Morgan fingerprint density at radius 1 is 1.03 bits per heavy atom. The van der Waals surface area contributed by atoms with Crippen LogP contribution in [0.25, 0.3) is 11.0 Å². The van der Waals surface area contributed by atoms with Crippen LogP contribution in [0.3, 0.4) is 0 Å². The molecule has 6 rings (SSSR count). The van der Waals surface area contributed by atoms with E-state index in [0.717, 1.165) is 53.7 Å². The molecule has 1 unspecified atom stereocenters. The summed E-state index contributed by atoms with van der Waals surface area (Å²) in [7, 11) is 0. The fraction of sp³-hybridized carbons (Fsp3) is 0.192. The maximum absolute atomic E-state index is 11.5. The highest BCUT2D eigenvalue weighted by atomic mass is 35.5. The number of halogens is 1. The van der Waals surface area contributed by atoms with E-state index in [-0.39, 0.29) is 11.6 Å². The van der Waals surface area contributed by atoms with Crippen LogP contribution >= 0.6 is 11.6 Å². The van der Waals surface area contributed by atoms with E-state index in [4.69, 9.17) is 21.6 Å². The van der Waals surface area contributed by atoms with E-state index in [9.17, 15) is 9.90 Å². The van der Waals surface area contributed by atoms with E-state index >= 15 is 0 Å². The Morgan fingerprint density at radius 3 is 2.76 bits per heavy atom. The average Bonchev–Trinajstić information content (AvgIpc) is 3.26. The van der Waals surface area contributed by atoms with E-state index in [1.807, 2.05) is 30.3 Å². The van der Waals surface area contributed by atoms with Gasteiger partial charge in [-0.2, -0.15) is 0 Å². The molecule has 7 heteroatoms. The number of nitrogens with zero attached hydrogens (tertiary/aromatic N) is 3. The van der Waals surface area contributed by atoms with Crippen LogP contribution in [0, 0.1) is 0 Å². The predicted octanol–water partition coefficient (Wildman–Crippen LogP) is 5.78. The summed E-state index contributed by atoms with van der Waals surface area (Å²) in [6, 6.07) is 19.2. The number of benzene rings is 3. The summed E-state index contributed by atoms with van der Waals surface area (Å²) < 4.78 is 0. The molecule has 1 atom stereocenters. The third kappa shape index (κ3) is 3.47. The summed E-state index contributed by atoms with van der Waals surface area (Å²) in [5.41, 5.74) is 6.95. The van der Waals surface area contributed by atoms with Crippen LogP contribution in [-0.2, 0) is 12.8 Å². The van der Waals surface area contributed by atoms with Crippen LogP contribution in [-0.4, -0.2) is 27.6 Å². The van der Waals surface area contributed by atoms with E-state index in [0.29, 0.717) is 11.0 Å². The van der Waals surface area contributed by atoms with E-state index in [1.54, 1.807) is 18.2 Å². The number of anilines is 3. The van der Waals surface area contributed by atoms with Crippen molar-refractivity contribution in [1.82, 2.24) is 9.97 Å². The van der Waals surface area contributed by atoms with Gasteiger partial charge in [-0.15, -0.1) is 0 Å². The van der Waals surface area contributed by atoms with Gasteiger partial charge >= 0.3 is 5.97 Å². The Hall–Kier alpha value is -3.64. The lowest BCUT2D eigenvalue weighted by Gasteiger charge is -2.32. The van der Waals surface area contributed by atoms with Gasteiger partial charge in [0.1, 0.15) is 5.69 Å². The van der Waals surface area contributed by atoms with Crippen LogP contribution in [0.15, 0.2) is 60.7 Å². The van der Waals surface area contributed by atoms with Gasteiger partial charge in [-0.1, -0.05) is 29.8 Å². The summed E-state index contributed by atoms with van der Waals surface area (Å²) in [5, 5.41) is 13.8. The number of aromatic carboxylic acids is 1.